The Labute approximate surface area is 232 Å². The van der Waals surface area contributed by atoms with E-state index in [-0.39, 0.29) is 23.1 Å². The molecule has 5 heterocycles. The Morgan fingerprint density at radius 3 is 2.60 bits per heavy atom. The number of rotatable bonds is 8. The van der Waals surface area contributed by atoms with Crippen molar-refractivity contribution in [1.82, 2.24) is 25.1 Å². The summed E-state index contributed by atoms with van der Waals surface area (Å²) in [7, 11) is 0. The van der Waals surface area contributed by atoms with Crippen molar-refractivity contribution >= 4 is 23.2 Å². The van der Waals surface area contributed by atoms with Crippen molar-refractivity contribution in [1.29, 1.82) is 0 Å². The minimum atomic E-state index is -2.84. The molecule has 0 unspecified atom stereocenters. The SMILES string of the molecule is CC(C)(C)CCCNc1ccc(-c2noc(C(F)F)n2)nc1C1CCN(c2ncnc3c2C(C)(C)C(=O)N3)CC1. The van der Waals surface area contributed by atoms with E-state index < -0.39 is 17.7 Å². The van der Waals surface area contributed by atoms with Crippen molar-refractivity contribution < 1.29 is 18.1 Å². The summed E-state index contributed by atoms with van der Waals surface area (Å²) in [5, 5.41) is 10.1. The number of pyridine rings is 1. The number of piperidine rings is 1. The van der Waals surface area contributed by atoms with Gasteiger partial charge in [0, 0.05) is 25.6 Å². The highest BCUT2D eigenvalue weighted by Crippen LogP contribution is 2.43. The fraction of sp³-hybridized carbons (Fsp3) is 0.571. The van der Waals surface area contributed by atoms with Gasteiger partial charge in [0.05, 0.1) is 22.4 Å². The lowest BCUT2D eigenvalue weighted by Crippen LogP contribution is -2.36. The first kappa shape index (κ1) is 27.9. The maximum Gasteiger partial charge on any atom is 0.315 e. The van der Waals surface area contributed by atoms with Crippen molar-refractivity contribution in [3.05, 3.63) is 35.6 Å². The number of carbonyl (C=O) groups is 1. The normalized spacial score (nSPS) is 17.3. The second kappa shape index (κ2) is 10.7. The average Bonchev–Trinajstić information content (AvgIpc) is 3.49. The number of nitrogens with one attached hydrogen (secondary N) is 2. The molecular weight excluding hydrogens is 518 g/mol. The van der Waals surface area contributed by atoms with Crippen LogP contribution < -0.4 is 15.5 Å². The lowest BCUT2D eigenvalue weighted by molar-refractivity contribution is -0.119. The topological polar surface area (TPSA) is 122 Å². The Morgan fingerprint density at radius 1 is 1.18 bits per heavy atom. The van der Waals surface area contributed by atoms with Gasteiger partial charge < -0.3 is 20.1 Å². The molecule has 0 atom stereocenters. The summed E-state index contributed by atoms with van der Waals surface area (Å²) in [6, 6.07) is 3.66. The highest BCUT2D eigenvalue weighted by Gasteiger charge is 2.43. The summed E-state index contributed by atoms with van der Waals surface area (Å²) in [4.78, 5) is 32.3. The zero-order chi connectivity index (χ0) is 28.7. The van der Waals surface area contributed by atoms with Crippen LogP contribution in [0, 0.1) is 5.41 Å². The molecule has 1 saturated heterocycles. The van der Waals surface area contributed by atoms with Crippen LogP contribution >= 0.6 is 0 Å². The molecule has 0 bridgehead atoms. The van der Waals surface area contributed by atoms with Crippen molar-refractivity contribution in [2.75, 3.05) is 35.2 Å². The second-order valence-electron chi connectivity index (χ2n) is 12.2. The van der Waals surface area contributed by atoms with Gasteiger partial charge in [-0.25, -0.2) is 15.0 Å². The molecule has 3 aromatic heterocycles. The number of hydrogen-bond donors (Lipinski definition) is 2. The fourth-order valence-electron chi connectivity index (χ4n) is 5.36. The fourth-order valence-corrected chi connectivity index (χ4v) is 5.36. The molecule has 1 amide bonds. The van der Waals surface area contributed by atoms with Gasteiger partial charge in [0.1, 0.15) is 23.7 Å². The highest BCUT2D eigenvalue weighted by atomic mass is 19.3. The number of anilines is 3. The van der Waals surface area contributed by atoms with E-state index >= 15 is 0 Å². The predicted molar refractivity (Wildman–Crippen MR) is 148 cm³/mol. The van der Waals surface area contributed by atoms with Crippen LogP contribution in [0.25, 0.3) is 11.5 Å². The number of amides is 1. The largest absolute Gasteiger partial charge is 0.384 e. The minimum Gasteiger partial charge on any atom is -0.384 e. The van der Waals surface area contributed by atoms with Crippen LogP contribution in [0.5, 0.6) is 0 Å². The molecule has 3 aromatic rings. The smallest absolute Gasteiger partial charge is 0.315 e. The third-order valence-electron chi connectivity index (χ3n) is 7.63. The van der Waals surface area contributed by atoms with E-state index in [1.165, 1.54) is 6.33 Å². The molecule has 5 rings (SSSR count). The quantitative estimate of drug-likeness (QED) is 0.337. The third kappa shape index (κ3) is 5.62. The summed E-state index contributed by atoms with van der Waals surface area (Å²) in [6.07, 6.45) is 2.32. The molecule has 0 aromatic carbocycles. The summed E-state index contributed by atoms with van der Waals surface area (Å²) >= 11 is 0. The van der Waals surface area contributed by atoms with Gasteiger partial charge in [0.2, 0.25) is 11.7 Å². The van der Waals surface area contributed by atoms with Gasteiger partial charge in [0.25, 0.3) is 5.89 Å². The van der Waals surface area contributed by atoms with E-state index in [0.717, 1.165) is 55.0 Å². The van der Waals surface area contributed by atoms with Crippen molar-refractivity contribution in [2.24, 2.45) is 5.41 Å². The molecule has 10 nitrogen and oxygen atoms in total. The molecule has 214 valence electrons. The average molecular weight is 555 g/mol. The maximum atomic E-state index is 13.1. The number of fused-ring (bicyclic) bond motifs is 1. The molecule has 40 heavy (non-hydrogen) atoms. The first-order valence-electron chi connectivity index (χ1n) is 13.7. The summed E-state index contributed by atoms with van der Waals surface area (Å²) < 4.78 is 30.8. The summed E-state index contributed by atoms with van der Waals surface area (Å²) in [5.74, 6) is 0.708. The van der Waals surface area contributed by atoms with Gasteiger partial charge in [0.15, 0.2) is 0 Å². The van der Waals surface area contributed by atoms with Gasteiger partial charge in [-0.2, -0.15) is 13.8 Å². The predicted octanol–water partition coefficient (Wildman–Crippen LogP) is 5.71. The Hall–Kier alpha value is -3.70. The monoisotopic (exact) mass is 554 g/mol. The number of carbonyl (C=O) groups excluding carboxylic acids is 1. The van der Waals surface area contributed by atoms with E-state index in [9.17, 15) is 13.6 Å². The maximum absolute atomic E-state index is 13.1. The number of halogens is 2. The molecule has 12 heteroatoms. The Kier molecular flexibility index (Phi) is 7.45. The van der Waals surface area contributed by atoms with E-state index in [4.69, 9.17) is 9.51 Å². The molecule has 0 radical (unpaired) electrons. The number of alkyl halides is 2. The van der Waals surface area contributed by atoms with Crippen LogP contribution in [0.1, 0.15) is 89.8 Å². The Morgan fingerprint density at radius 2 is 1.93 bits per heavy atom. The zero-order valence-electron chi connectivity index (χ0n) is 23.6. The van der Waals surface area contributed by atoms with Crippen LogP contribution in [0.15, 0.2) is 23.0 Å². The van der Waals surface area contributed by atoms with Crippen LogP contribution in [0.4, 0.5) is 26.1 Å². The van der Waals surface area contributed by atoms with Crippen LogP contribution in [0.3, 0.4) is 0 Å². The van der Waals surface area contributed by atoms with Crippen LogP contribution in [-0.4, -0.2) is 50.6 Å². The van der Waals surface area contributed by atoms with Gasteiger partial charge in [-0.1, -0.05) is 25.9 Å². The van der Waals surface area contributed by atoms with Crippen LogP contribution in [0.2, 0.25) is 0 Å². The van der Waals surface area contributed by atoms with Gasteiger partial charge in [-0.3, -0.25) is 4.79 Å². The molecular formula is C28H36F2N8O2. The van der Waals surface area contributed by atoms with E-state index in [0.29, 0.717) is 24.6 Å². The molecule has 0 saturated carbocycles. The summed E-state index contributed by atoms with van der Waals surface area (Å²) in [5.41, 5.74) is 2.54. The highest BCUT2D eigenvalue weighted by molar-refractivity contribution is 6.06. The molecule has 1 fully saturated rings. The van der Waals surface area contributed by atoms with Crippen molar-refractivity contribution in [3.63, 3.8) is 0 Å². The standard InChI is InChI=1S/C28H36F2N8O2/c1-27(2,3)11-6-12-31-17-7-8-18(22-35-25(21(29)30)40-37-22)34-20(17)16-9-13-38(14-10-16)24-19-23(32-15-33-24)36-26(39)28(19,4)5/h7-8,15-16,21,31H,6,9-14H2,1-5H3,(H,32,33,36,39). The van der Waals surface area contributed by atoms with Crippen molar-refractivity contribution in [2.45, 2.75) is 78.1 Å². The zero-order valence-corrected chi connectivity index (χ0v) is 23.6. The molecule has 2 aliphatic heterocycles. The molecule has 2 aliphatic rings. The number of nitrogens with zero attached hydrogens (tertiary/aromatic N) is 6. The van der Waals surface area contributed by atoms with Crippen molar-refractivity contribution in [3.8, 4) is 11.5 Å². The Bertz CT molecular complexity index is 1380. The van der Waals surface area contributed by atoms with Crippen LogP contribution in [-0.2, 0) is 10.2 Å². The van der Waals surface area contributed by atoms with Gasteiger partial charge in [-0.15, -0.1) is 0 Å². The second-order valence-corrected chi connectivity index (χ2v) is 12.2. The van der Waals surface area contributed by atoms with E-state index in [1.54, 1.807) is 6.07 Å². The summed E-state index contributed by atoms with van der Waals surface area (Å²) in [6.45, 7) is 12.7. The number of hydrogen-bond acceptors (Lipinski definition) is 9. The van der Waals surface area contributed by atoms with Gasteiger partial charge in [-0.05, 0) is 57.1 Å². The first-order chi connectivity index (χ1) is 18.9. The number of aromatic nitrogens is 5. The van der Waals surface area contributed by atoms with E-state index in [1.807, 2.05) is 19.9 Å². The third-order valence-corrected chi connectivity index (χ3v) is 7.63. The molecule has 0 aliphatic carbocycles. The molecule has 2 N–H and O–H groups in total. The molecule has 0 spiro atoms. The first-order valence-corrected chi connectivity index (χ1v) is 13.7. The Balaban J connectivity index is 1.37. The minimum absolute atomic E-state index is 0.0456. The lowest BCUT2D eigenvalue weighted by Gasteiger charge is -2.35. The van der Waals surface area contributed by atoms with Gasteiger partial charge >= 0.3 is 6.43 Å². The van der Waals surface area contributed by atoms with E-state index in [2.05, 4.69) is 56.4 Å². The lowest BCUT2D eigenvalue weighted by atomic mass is 9.86.